The Morgan fingerprint density at radius 2 is 1.73 bits per heavy atom. The highest BCUT2D eigenvalue weighted by Gasteiger charge is 2.16. The van der Waals surface area contributed by atoms with Crippen LogP contribution in [0.3, 0.4) is 0 Å². The second-order valence-electron chi connectivity index (χ2n) is 6.25. The number of rotatable bonds is 6. The molecule has 1 aliphatic rings. The molecule has 1 atom stereocenters. The van der Waals surface area contributed by atoms with Crippen LogP contribution in [0.5, 0.6) is 5.75 Å². The molecule has 0 bridgehead atoms. The smallest absolute Gasteiger partial charge is 0.255 e. The fraction of sp³-hybridized carbons (Fsp3) is 0.238. The van der Waals surface area contributed by atoms with Gasteiger partial charge in [0.25, 0.3) is 5.91 Å². The molecule has 0 saturated heterocycles. The van der Waals surface area contributed by atoms with E-state index in [2.05, 4.69) is 22.8 Å². The minimum absolute atomic E-state index is 0.0484. The highest BCUT2D eigenvalue weighted by atomic mass is 16.5. The van der Waals surface area contributed by atoms with Crippen molar-refractivity contribution in [3.8, 4) is 5.75 Å². The Labute approximate surface area is 153 Å². The third-order valence-corrected chi connectivity index (χ3v) is 4.36. The largest absolute Gasteiger partial charge is 0.497 e. The molecule has 0 aliphatic heterocycles. The first-order valence-corrected chi connectivity index (χ1v) is 8.66. The highest BCUT2D eigenvalue weighted by Crippen LogP contribution is 2.25. The summed E-state index contributed by atoms with van der Waals surface area (Å²) in [7, 11) is 1.58. The number of ether oxygens (including phenoxy) is 1. The maximum absolute atomic E-state index is 12.5. The summed E-state index contributed by atoms with van der Waals surface area (Å²) < 4.78 is 5.10. The Kier molecular flexibility index (Phi) is 5.69. The van der Waals surface area contributed by atoms with E-state index >= 15 is 0 Å². The van der Waals surface area contributed by atoms with E-state index in [0.717, 1.165) is 12.8 Å². The van der Waals surface area contributed by atoms with Crippen LogP contribution in [0.1, 0.15) is 29.6 Å². The van der Waals surface area contributed by atoms with Gasteiger partial charge in [-0.1, -0.05) is 24.3 Å². The van der Waals surface area contributed by atoms with Gasteiger partial charge in [-0.25, -0.2) is 0 Å². The van der Waals surface area contributed by atoms with Crippen molar-refractivity contribution in [2.75, 3.05) is 17.7 Å². The summed E-state index contributed by atoms with van der Waals surface area (Å²) in [5.74, 6) is 0.701. The van der Waals surface area contributed by atoms with Gasteiger partial charge < -0.3 is 15.4 Å². The fourth-order valence-corrected chi connectivity index (χ4v) is 2.94. The Balaban J connectivity index is 1.66. The summed E-state index contributed by atoms with van der Waals surface area (Å²) in [4.78, 5) is 24.7. The normalized spacial score (nSPS) is 15.5. The maximum atomic E-state index is 12.5. The molecule has 2 aromatic carbocycles. The van der Waals surface area contributed by atoms with Gasteiger partial charge in [-0.2, -0.15) is 0 Å². The van der Waals surface area contributed by atoms with Crippen LogP contribution in [-0.2, 0) is 4.79 Å². The second-order valence-corrected chi connectivity index (χ2v) is 6.25. The number of allylic oxidation sites excluding steroid dienone is 2. The molecule has 3 rings (SSSR count). The predicted molar refractivity (Wildman–Crippen MR) is 102 cm³/mol. The third-order valence-electron chi connectivity index (χ3n) is 4.36. The van der Waals surface area contributed by atoms with Crippen LogP contribution < -0.4 is 15.4 Å². The molecular weight excluding hydrogens is 328 g/mol. The van der Waals surface area contributed by atoms with Gasteiger partial charge in [0.05, 0.1) is 18.5 Å². The van der Waals surface area contributed by atoms with Crippen molar-refractivity contribution in [3.05, 3.63) is 66.2 Å². The van der Waals surface area contributed by atoms with E-state index in [4.69, 9.17) is 4.74 Å². The molecule has 0 radical (unpaired) electrons. The molecule has 5 heteroatoms. The van der Waals surface area contributed by atoms with Gasteiger partial charge in [0.1, 0.15) is 5.75 Å². The van der Waals surface area contributed by atoms with Crippen LogP contribution in [0.25, 0.3) is 0 Å². The lowest BCUT2D eigenvalue weighted by Crippen LogP contribution is -2.18. The van der Waals surface area contributed by atoms with Crippen molar-refractivity contribution < 1.29 is 14.3 Å². The number of amides is 2. The van der Waals surface area contributed by atoms with Crippen molar-refractivity contribution in [2.45, 2.75) is 19.3 Å². The molecule has 0 aromatic heterocycles. The topological polar surface area (TPSA) is 67.4 Å². The zero-order chi connectivity index (χ0) is 18.4. The lowest BCUT2D eigenvalue weighted by molar-refractivity contribution is -0.116. The highest BCUT2D eigenvalue weighted by molar-refractivity contribution is 6.07. The van der Waals surface area contributed by atoms with Gasteiger partial charge in [0.15, 0.2) is 0 Å². The number of anilines is 2. The molecule has 134 valence electrons. The van der Waals surface area contributed by atoms with Crippen LogP contribution in [0.2, 0.25) is 0 Å². The number of methoxy groups -OCH3 is 1. The Hall–Kier alpha value is -3.08. The average molecular weight is 350 g/mol. The number of hydrogen-bond donors (Lipinski definition) is 2. The first kappa shape index (κ1) is 17.7. The average Bonchev–Trinajstić information content (AvgIpc) is 3.16. The number of nitrogens with one attached hydrogen (secondary N) is 2. The van der Waals surface area contributed by atoms with E-state index in [0.29, 0.717) is 35.0 Å². The molecule has 0 spiro atoms. The van der Waals surface area contributed by atoms with Gasteiger partial charge >= 0.3 is 0 Å². The molecule has 2 aromatic rings. The van der Waals surface area contributed by atoms with E-state index in [9.17, 15) is 9.59 Å². The maximum Gasteiger partial charge on any atom is 0.255 e. The monoisotopic (exact) mass is 350 g/mol. The number of benzene rings is 2. The van der Waals surface area contributed by atoms with Crippen molar-refractivity contribution in [1.82, 2.24) is 0 Å². The van der Waals surface area contributed by atoms with Gasteiger partial charge in [-0.3, -0.25) is 9.59 Å². The van der Waals surface area contributed by atoms with Gasteiger partial charge in [-0.05, 0) is 55.2 Å². The molecule has 2 N–H and O–H groups in total. The van der Waals surface area contributed by atoms with E-state index in [1.54, 1.807) is 43.5 Å². The zero-order valence-corrected chi connectivity index (χ0v) is 14.7. The summed E-state index contributed by atoms with van der Waals surface area (Å²) in [6.07, 6.45) is 6.71. The molecule has 1 aliphatic carbocycles. The summed E-state index contributed by atoms with van der Waals surface area (Å²) in [5.41, 5.74) is 1.69. The van der Waals surface area contributed by atoms with Crippen LogP contribution in [-0.4, -0.2) is 18.9 Å². The molecule has 0 fully saturated rings. The lowest BCUT2D eigenvalue weighted by atomic mass is 10.0. The summed E-state index contributed by atoms with van der Waals surface area (Å²) in [6, 6.07) is 14.1. The zero-order valence-electron chi connectivity index (χ0n) is 14.7. The Morgan fingerprint density at radius 3 is 2.35 bits per heavy atom. The van der Waals surface area contributed by atoms with Gasteiger partial charge in [0.2, 0.25) is 5.91 Å². The van der Waals surface area contributed by atoms with E-state index in [1.807, 2.05) is 12.1 Å². The number of para-hydroxylation sites is 2. The van der Waals surface area contributed by atoms with Gasteiger partial charge in [0, 0.05) is 12.0 Å². The van der Waals surface area contributed by atoms with Crippen molar-refractivity contribution in [1.29, 1.82) is 0 Å². The molecule has 0 saturated carbocycles. The first-order chi connectivity index (χ1) is 12.7. The molecule has 2 amide bonds. The molecular formula is C21H22N2O3. The molecule has 5 nitrogen and oxygen atoms in total. The Morgan fingerprint density at radius 1 is 1.04 bits per heavy atom. The predicted octanol–water partition coefficient (Wildman–Crippen LogP) is 4.24. The minimum Gasteiger partial charge on any atom is -0.497 e. The van der Waals surface area contributed by atoms with Crippen molar-refractivity contribution in [2.24, 2.45) is 5.92 Å². The van der Waals surface area contributed by atoms with Crippen molar-refractivity contribution in [3.63, 3.8) is 0 Å². The molecule has 26 heavy (non-hydrogen) atoms. The SMILES string of the molecule is COc1ccc(C(=O)Nc2ccccc2NC(=O)CC2C=CCC2)cc1. The van der Waals surface area contributed by atoms with Crippen LogP contribution in [0.4, 0.5) is 11.4 Å². The Bertz CT molecular complexity index is 812. The molecule has 0 heterocycles. The third kappa shape index (κ3) is 4.51. The molecule has 1 unspecified atom stereocenters. The fourth-order valence-electron chi connectivity index (χ4n) is 2.94. The standard InChI is InChI=1S/C21H22N2O3/c1-26-17-12-10-16(11-13-17)21(25)23-19-9-5-4-8-18(19)22-20(24)14-15-6-2-3-7-15/h2,4-6,8-13,15H,3,7,14H2,1H3,(H,22,24)(H,23,25). The minimum atomic E-state index is -0.243. The van der Waals surface area contributed by atoms with Crippen molar-refractivity contribution >= 4 is 23.2 Å². The van der Waals surface area contributed by atoms with Gasteiger partial charge in [-0.15, -0.1) is 0 Å². The summed E-state index contributed by atoms with van der Waals surface area (Å²) in [5, 5.41) is 5.76. The quantitative estimate of drug-likeness (QED) is 0.766. The second kappa shape index (κ2) is 8.34. The van der Waals surface area contributed by atoms with E-state index in [-0.39, 0.29) is 11.8 Å². The van der Waals surface area contributed by atoms with Crippen LogP contribution >= 0.6 is 0 Å². The van der Waals surface area contributed by atoms with Crippen LogP contribution in [0, 0.1) is 5.92 Å². The summed E-state index contributed by atoms with van der Waals surface area (Å²) >= 11 is 0. The number of hydrogen-bond acceptors (Lipinski definition) is 3. The van der Waals surface area contributed by atoms with Crippen LogP contribution in [0.15, 0.2) is 60.7 Å². The number of carbonyl (C=O) groups excluding carboxylic acids is 2. The number of carbonyl (C=O) groups is 2. The van der Waals surface area contributed by atoms with E-state index in [1.165, 1.54) is 0 Å². The lowest BCUT2D eigenvalue weighted by Gasteiger charge is -2.13. The van der Waals surface area contributed by atoms with E-state index < -0.39 is 0 Å². The summed E-state index contributed by atoms with van der Waals surface area (Å²) in [6.45, 7) is 0. The first-order valence-electron chi connectivity index (χ1n) is 8.66.